The molecule has 0 radical (unpaired) electrons. The number of hydrogen-bond acceptors (Lipinski definition) is 5. The van der Waals surface area contributed by atoms with Crippen LogP contribution in [0.4, 0.5) is 15.8 Å². The zero-order valence-corrected chi connectivity index (χ0v) is 15.9. The molecular weight excluding hydrogens is 403 g/mol. The second kappa shape index (κ2) is 7.83. The number of aliphatic hydroxyl groups excluding tert-OH is 1. The number of ketones is 1. The van der Waals surface area contributed by atoms with Crippen molar-refractivity contribution in [3.8, 4) is 0 Å². The van der Waals surface area contributed by atoms with Crippen LogP contribution in [0.25, 0.3) is 5.76 Å². The molecule has 1 fully saturated rings. The lowest BCUT2D eigenvalue weighted by Crippen LogP contribution is -2.29. The van der Waals surface area contributed by atoms with Crippen LogP contribution in [0.2, 0.25) is 0 Å². The number of anilines is 1. The third-order valence-electron chi connectivity index (χ3n) is 5.00. The minimum atomic E-state index is -1.00. The van der Waals surface area contributed by atoms with E-state index in [0.717, 1.165) is 11.0 Å². The highest BCUT2D eigenvalue weighted by Crippen LogP contribution is 2.42. The molecule has 0 aromatic heterocycles. The lowest BCUT2D eigenvalue weighted by molar-refractivity contribution is -0.384. The van der Waals surface area contributed by atoms with Gasteiger partial charge in [0.2, 0.25) is 0 Å². The van der Waals surface area contributed by atoms with Crippen molar-refractivity contribution in [2.45, 2.75) is 6.04 Å². The number of Topliss-reactive ketones (excluding diaryl/α,β-unsaturated/α-hetero) is 1. The van der Waals surface area contributed by atoms with Crippen molar-refractivity contribution in [3.05, 3.63) is 111 Å². The molecule has 1 saturated heterocycles. The van der Waals surface area contributed by atoms with E-state index in [4.69, 9.17) is 0 Å². The Labute approximate surface area is 175 Å². The molecule has 1 aliphatic heterocycles. The maximum absolute atomic E-state index is 13.9. The molecule has 154 valence electrons. The van der Waals surface area contributed by atoms with Gasteiger partial charge in [0.25, 0.3) is 17.4 Å². The fourth-order valence-electron chi connectivity index (χ4n) is 3.57. The van der Waals surface area contributed by atoms with Crippen molar-refractivity contribution in [2.24, 2.45) is 0 Å². The van der Waals surface area contributed by atoms with Crippen LogP contribution in [0.3, 0.4) is 0 Å². The Kier molecular flexibility index (Phi) is 5.04. The van der Waals surface area contributed by atoms with E-state index in [9.17, 15) is 29.2 Å². The molecule has 1 atom stereocenters. The number of halogens is 1. The minimum Gasteiger partial charge on any atom is -0.507 e. The van der Waals surface area contributed by atoms with E-state index in [2.05, 4.69) is 0 Å². The average molecular weight is 418 g/mol. The van der Waals surface area contributed by atoms with Crippen LogP contribution in [0.1, 0.15) is 17.2 Å². The highest BCUT2D eigenvalue weighted by Gasteiger charge is 2.47. The monoisotopic (exact) mass is 418 g/mol. The molecule has 3 aromatic carbocycles. The molecule has 31 heavy (non-hydrogen) atoms. The summed E-state index contributed by atoms with van der Waals surface area (Å²) in [5, 5.41) is 21.8. The molecular formula is C23H15FN2O5. The Morgan fingerprint density at radius 1 is 0.968 bits per heavy atom. The molecule has 3 aromatic rings. The van der Waals surface area contributed by atoms with Crippen LogP contribution in [0.15, 0.2) is 84.4 Å². The number of carbonyl (C=O) groups is 2. The van der Waals surface area contributed by atoms with Crippen molar-refractivity contribution in [1.82, 2.24) is 0 Å². The van der Waals surface area contributed by atoms with Gasteiger partial charge >= 0.3 is 0 Å². The fourth-order valence-corrected chi connectivity index (χ4v) is 3.57. The van der Waals surface area contributed by atoms with Gasteiger partial charge in [-0.15, -0.1) is 0 Å². The first-order valence-corrected chi connectivity index (χ1v) is 9.25. The highest BCUT2D eigenvalue weighted by atomic mass is 19.1. The lowest BCUT2D eigenvalue weighted by atomic mass is 9.95. The Bertz CT molecular complexity index is 1220. The van der Waals surface area contributed by atoms with Gasteiger partial charge in [-0.3, -0.25) is 24.6 Å². The molecule has 0 spiro atoms. The van der Waals surface area contributed by atoms with E-state index < -0.39 is 34.2 Å². The van der Waals surface area contributed by atoms with Gasteiger partial charge < -0.3 is 5.11 Å². The number of aliphatic hydroxyl groups is 1. The van der Waals surface area contributed by atoms with Gasteiger partial charge in [-0.25, -0.2) is 4.39 Å². The molecule has 1 aliphatic rings. The first-order chi connectivity index (χ1) is 14.9. The van der Waals surface area contributed by atoms with E-state index in [1.807, 2.05) is 0 Å². The van der Waals surface area contributed by atoms with Crippen LogP contribution in [-0.2, 0) is 9.59 Å². The highest BCUT2D eigenvalue weighted by molar-refractivity contribution is 6.51. The van der Waals surface area contributed by atoms with Gasteiger partial charge in [0, 0.05) is 23.4 Å². The van der Waals surface area contributed by atoms with Crippen molar-refractivity contribution in [1.29, 1.82) is 0 Å². The number of rotatable bonds is 4. The second-order valence-corrected chi connectivity index (χ2v) is 6.86. The number of nitro benzene ring substituents is 1. The summed E-state index contributed by atoms with van der Waals surface area (Å²) in [5.74, 6) is -2.90. The molecule has 7 nitrogen and oxygen atoms in total. The molecule has 1 unspecified atom stereocenters. The van der Waals surface area contributed by atoms with E-state index in [1.54, 1.807) is 30.3 Å². The summed E-state index contributed by atoms with van der Waals surface area (Å²) < 4.78 is 13.9. The van der Waals surface area contributed by atoms with Crippen LogP contribution < -0.4 is 4.90 Å². The predicted octanol–water partition coefficient (Wildman–Crippen LogP) is 4.36. The Morgan fingerprint density at radius 3 is 2.26 bits per heavy atom. The third kappa shape index (κ3) is 3.55. The molecule has 1 amide bonds. The summed E-state index contributed by atoms with van der Waals surface area (Å²) in [6.45, 7) is 0. The van der Waals surface area contributed by atoms with Gasteiger partial charge in [0.1, 0.15) is 11.6 Å². The Hall–Kier alpha value is -4.33. The quantitative estimate of drug-likeness (QED) is 0.223. The van der Waals surface area contributed by atoms with Gasteiger partial charge in [-0.05, 0) is 35.9 Å². The number of benzene rings is 3. The Balaban J connectivity index is 1.91. The molecule has 1 N–H and O–H groups in total. The largest absolute Gasteiger partial charge is 0.507 e. The SMILES string of the molecule is O=C1C(=O)N(c2cccc(F)c2)C(c2ccccc2)/C1=C(\O)c1ccc([N+](=O)[O-])cc1. The molecule has 0 saturated carbocycles. The lowest BCUT2D eigenvalue weighted by Gasteiger charge is -2.25. The first kappa shape index (κ1) is 20.0. The molecule has 0 aliphatic carbocycles. The van der Waals surface area contributed by atoms with Crippen LogP contribution in [0, 0.1) is 15.9 Å². The van der Waals surface area contributed by atoms with Crippen molar-refractivity contribution >= 4 is 28.8 Å². The molecule has 1 heterocycles. The second-order valence-electron chi connectivity index (χ2n) is 6.86. The van der Waals surface area contributed by atoms with Crippen LogP contribution in [0.5, 0.6) is 0 Å². The summed E-state index contributed by atoms with van der Waals surface area (Å²) in [5.41, 5.74) is 0.475. The summed E-state index contributed by atoms with van der Waals surface area (Å²) in [4.78, 5) is 37.3. The molecule has 0 bridgehead atoms. The number of nitrogens with zero attached hydrogens (tertiary/aromatic N) is 2. The van der Waals surface area contributed by atoms with E-state index in [-0.39, 0.29) is 22.5 Å². The molecule has 8 heteroatoms. The van der Waals surface area contributed by atoms with Crippen LogP contribution in [-0.4, -0.2) is 21.7 Å². The summed E-state index contributed by atoms with van der Waals surface area (Å²) in [6.07, 6.45) is 0. The van der Waals surface area contributed by atoms with Crippen molar-refractivity contribution in [2.75, 3.05) is 4.90 Å². The summed E-state index contributed by atoms with van der Waals surface area (Å²) >= 11 is 0. The number of non-ortho nitro benzene ring substituents is 1. The maximum atomic E-state index is 13.9. The van der Waals surface area contributed by atoms with Gasteiger partial charge in [-0.2, -0.15) is 0 Å². The van der Waals surface area contributed by atoms with Crippen molar-refractivity contribution in [3.63, 3.8) is 0 Å². The molecule has 4 rings (SSSR count). The normalized spacial score (nSPS) is 17.7. The zero-order valence-electron chi connectivity index (χ0n) is 15.9. The third-order valence-corrected chi connectivity index (χ3v) is 5.00. The smallest absolute Gasteiger partial charge is 0.300 e. The van der Waals surface area contributed by atoms with E-state index in [0.29, 0.717) is 5.56 Å². The van der Waals surface area contributed by atoms with Gasteiger partial charge in [0.15, 0.2) is 0 Å². The number of carbonyl (C=O) groups excluding carboxylic acids is 2. The van der Waals surface area contributed by atoms with Crippen molar-refractivity contribution < 1.29 is 24.0 Å². The Morgan fingerprint density at radius 2 is 1.65 bits per heavy atom. The topological polar surface area (TPSA) is 101 Å². The summed E-state index contributed by atoms with van der Waals surface area (Å²) in [7, 11) is 0. The minimum absolute atomic E-state index is 0.142. The summed E-state index contributed by atoms with van der Waals surface area (Å²) in [6, 6.07) is 17.8. The number of hydrogen-bond donors (Lipinski definition) is 1. The zero-order chi connectivity index (χ0) is 22.1. The standard InChI is InChI=1S/C23H15FN2O5/c24-16-7-4-8-18(13-16)25-20(14-5-2-1-3-6-14)19(22(28)23(25)29)21(27)15-9-11-17(12-10-15)26(30)31/h1-13,20,27H/b21-19+. The predicted molar refractivity (Wildman–Crippen MR) is 111 cm³/mol. The fraction of sp³-hybridized carbons (Fsp3) is 0.0435. The average Bonchev–Trinajstić information content (AvgIpc) is 3.04. The number of nitro groups is 1. The maximum Gasteiger partial charge on any atom is 0.300 e. The van der Waals surface area contributed by atoms with Gasteiger partial charge in [0.05, 0.1) is 16.5 Å². The van der Waals surface area contributed by atoms with Gasteiger partial charge in [-0.1, -0.05) is 36.4 Å². The first-order valence-electron chi connectivity index (χ1n) is 9.25. The van der Waals surface area contributed by atoms with E-state index >= 15 is 0 Å². The van der Waals surface area contributed by atoms with E-state index in [1.165, 1.54) is 42.5 Å². The number of amides is 1. The van der Waals surface area contributed by atoms with Crippen LogP contribution >= 0.6 is 0 Å².